The number of hydrogen-bond donors (Lipinski definition) is 2. The van der Waals surface area contributed by atoms with Crippen molar-refractivity contribution in [2.45, 2.75) is 206 Å². The maximum Gasteiger partial charge on any atom is 0.472 e. The normalized spacial score (nSPS) is 14.0. The molecule has 0 aliphatic heterocycles. The predicted molar refractivity (Wildman–Crippen MR) is 252 cm³/mol. The first-order valence-corrected chi connectivity index (χ1v) is 25.4. The van der Waals surface area contributed by atoms with E-state index in [9.17, 15) is 14.3 Å². The highest BCUT2D eigenvalue weighted by molar-refractivity contribution is 7.47. The lowest BCUT2D eigenvalue weighted by Crippen LogP contribution is -2.28. The van der Waals surface area contributed by atoms with E-state index in [1.165, 1.54) is 109 Å². The summed E-state index contributed by atoms with van der Waals surface area (Å²) in [6.45, 7) is 4.66. The Morgan fingerprint density at radius 2 is 0.932 bits per heavy atom. The van der Waals surface area contributed by atoms with Crippen LogP contribution < -0.4 is 5.73 Å². The lowest BCUT2D eigenvalue weighted by Gasteiger charge is -2.20. The van der Waals surface area contributed by atoms with Crippen LogP contribution in [0.2, 0.25) is 0 Å². The van der Waals surface area contributed by atoms with Gasteiger partial charge in [0.15, 0.2) is 0 Å². The van der Waals surface area contributed by atoms with E-state index >= 15 is 0 Å². The van der Waals surface area contributed by atoms with Crippen LogP contribution in [0.3, 0.4) is 0 Å². The van der Waals surface area contributed by atoms with Crippen molar-refractivity contribution in [3.05, 3.63) is 72.9 Å². The molecule has 3 N–H and O–H groups in total. The number of phosphoric ester groups is 1. The average molecular weight is 848 g/mol. The molecule has 0 heterocycles. The smallest absolute Gasteiger partial charge is 0.457 e. The van der Waals surface area contributed by atoms with Gasteiger partial charge in [0.1, 0.15) is 6.10 Å². The van der Waals surface area contributed by atoms with Crippen molar-refractivity contribution in [1.29, 1.82) is 0 Å². The highest BCUT2D eigenvalue weighted by atomic mass is 31.2. The molecule has 0 aliphatic rings. The Hall–Kier alpha value is -2.06. The third kappa shape index (κ3) is 46.9. The standard InChI is InChI=1S/C50H90NO7P/c1-3-5-7-9-11-13-15-17-19-21-23-25-27-29-31-33-35-37-39-41-43-50(52)58-49(48-57-59(53,54)56-46-44-51)47-55-45-42-40-38-36-34-32-30-28-26-24-22-20-18-16-14-12-10-8-6-4-2/h6,8,12,14,18,20,24,26,30,32,36,38,49H,3-5,7,9-11,13,15-17,19,21-23,25,27-29,31,33-35,37,39-48,51H2,1-2H3,(H,53,54)/b8-6-,14-12-,20-18-,26-24-,32-30-,38-36-. The maximum atomic E-state index is 12.6. The third-order valence-corrected chi connectivity index (χ3v) is 10.9. The predicted octanol–water partition coefficient (Wildman–Crippen LogP) is 14.7. The Labute approximate surface area is 363 Å². The fourth-order valence-electron chi connectivity index (χ4n) is 6.43. The summed E-state index contributed by atoms with van der Waals surface area (Å²) in [5.74, 6) is -0.349. The molecule has 9 heteroatoms. The van der Waals surface area contributed by atoms with Crippen molar-refractivity contribution in [2.24, 2.45) is 5.73 Å². The van der Waals surface area contributed by atoms with Gasteiger partial charge in [-0.05, 0) is 57.8 Å². The zero-order valence-corrected chi connectivity index (χ0v) is 38.9. The second kappa shape index (κ2) is 47.0. The van der Waals surface area contributed by atoms with E-state index in [1.807, 2.05) is 0 Å². The first-order chi connectivity index (χ1) is 28.9. The summed E-state index contributed by atoms with van der Waals surface area (Å²) >= 11 is 0. The number of carbonyl (C=O) groups is 1. The highest BCUT2D eigenvalue weighted by Crippen LogP contribution is 2.43. The summed E-state index contributed by atoms with van der Waals surface area (Å²) in [5, 5.41) is 0. The molecule has 342 valence electrons. The quantitative estimate of drug-likeness (QED) is 0.0269. The zero-order chi connectivity index (χ0) is 43.0. The molecule has 2 atom stereocenters. The molecular formula is C50H90NO7P. The van der Waals surface area contributed by atoms with Gasteiger partial charge in [-0.25, -0.2) is 4.57 Å². The van der Waals surface area contributed by atoms with Gasteiger partial charge in [-0.15, -0.1) is 0 Å². The largest absolute Gasteiger partial charge is 0.472 e. The van der Waals surface area contributed by atoms with Crippen molar-refractivity contribution in [1.82, 2.24) is 0 Å². The van der Waals surface area contributed by atoms with Crippen molar-refractivity contribution in [3.63, 3.8) is 0 Å². The molecule has 0 aromatic rings. The summed E-state index contributed by atoms with van der Waals surface area (Å²) in [5.41, 5.74) is 5.38. The second-order valence-electron chi connectivity index (χ2n) is 15.6. The number of nitrogens with two attached hydrogens (primary N) is 1. The molecule has 0 saturated heterocycles. The molecule has 0 fully saturated rings. The minimum atomic E-state index is -4.30. The van der Waals surface area contributed by atoms with Crippen molar-refractivity contribution in [2.75, 3.05) is 33.0 Å². The van der Waals surface area contributed by atoms with Crippen LogP contribution in [0.4, 0.5) is 0 Å². The number of ether oxygens (including phenoxy) is 2. The van der Waals surface area contributed by atoms with Gasteiger partial charge in [0.2, 0.25) is 0 Å². The monoisotopic (exact) mass is 848 g/mol. The van der Waals surface area contributed by atoms with Gasteiger partial charge in [0, 0.05) is 19.6 Å². The van der Waals surface area contributed by atoms with Gasteiger partial charge < -0.3 is 20.1 Å². The zero-order valence-electron chi connectivity index (χ0n) is 38.0. The maximum absolute atomic E-state index is 12.6. The van der Waals surface area contributed by atoms with E-state index in [4.69, 9.17) is 24.3 Å². The SMILES string of the molecule is CC/C=C\C/C=C\C/C=C\C/C=C\C/C=C\C/C=C\CCCOCC(COP(=O)(O)OCCN)OC(=O)CCCCCCCCCCCCCCCCCCCCCC. The summed E-state index contributed by atoms with van der Waals surface area (Å²) < 4.78 is 33.4. The van der Waals surface area contributed by atoms with Crippen molar-refractivity contribution < 1.29 is 32.8 Å². The minimum Gasteiger partial charge on any atom is -0.457 e. The Balaban J connectivity index is 4.08. The van der Waals surface area contributed by atoms with E-state index in [0.717, 1.165) is 70.6 Å². The van der Waals surface area contributed by atoms with Gasteiger partial charge >= 0.3 is 13.8 Å². The molecule has 0 rings (SSSR count). The van der Waals surface area contributed by atoms with Crippen LogP contribution in [-0.2, 0) is 27.9 Å². The number of esters is 1. The minimum absolute atomic E-state index is 0.0750. The van der Waals surface area contributed by atoms with Gasteiger partial charge in [-0.3, -0.25) is 13.8 Å². The molecule has 0 spiro atoms. The molecule has 0 saturated carbocycles. The van der Waals surface area contributed by atoms with Crippen LogP contribution in [0.15, 0.2) is 72.9 Å². The lowest BCUT2D eigenvalue weighted by atomic mass is 10.0. The number of unbranched alkanes of at least 4 members (excludes halogenated alkanes) is 20. The molecule has 0 aromatic heterocycles. The van der Waals surface area contributed by atoms with Crippen LogP contribution in [-0.4, -0.2) is 49.9 Å². The van der Waals surface area contributed by atoms with E-state index < -0.39 is 13.9 Å². The Morgan fingerprint density at radius 1 is 0.525 bits per heavy atom. The molecule has 0 amide bonds. The fraction of sp³-hybridized carbons (Fsp3) is 0.740. The molecule has 8 nitrogen and oxygen atoms in total. The topological polar surface area (TPSA) is 117 Å². The van der Waals surface area contributed by atoms with Crippen molar-refractivity contribution >= 4 is 13.8 Å². The number of phosphoric acid groups is 1. The molecular weight excluding hydrogens is 758 g/mol. The van der Waals surface area contributed by atoms with Crippen molar-refractivity contribution in [3.8, 4) is 0 Å². The fourth-order valence-corrected chi connectivity index (χ4v) is 7.19. The van der Waals surface area contributed by atoms with E-state index in [-0.39, 0.29) is 32.3 Å². The lowest BCUT2D eigenvalue weighted by molar-refractivity contribution is -0.154. The number of rotatable bonds is 45. The molecule has 59 heavy (non-hydrogen) atoms. The molecule has 0 aromatic carbocycles. The van der Waals surface area contributed by atoms with Gasteiger partial charge in [0.25, 0.3) is 0 Å². The van der Waals surface area contributed by atoms with Gasteiger partial charge in [-0.2, -0.15) is 0 Å². The third-order valence-electron chi connectivity index (χ3n) is 9.89. The number of hydrogen-bond acceptors (Lipinski definition) is 7. The van der Waals surface area contributed by atoms with E-state index in [0.29, 0.717) is 13.0 Å². The second-order valence-corrected chi connectivity index (χ2v) is 17.1. The number of carbonyl (C=O) groups excluding carboxylic acids is 1. The Morgan fingerprint density at radius 3 is 1.36 bits per heavy atom. The van der Waals surface area contributed by atoms with Crippen LogP contribution in [0.5, 0.6) is 0 Å². The Kier molecular flexibility index (Phi) is 45.4. The van der Waals surface area contributed by atoms with E-state index in [1.54, 1.807) is 0 Å². The van der Waals surface area contributed by atoms with Crippen LogP contribution in [0.1, 0.15) is 200 Å². The molecule has 0 radical (unpaired) electrons. The number of allylic oxidation sites excluding steroid dienone is 12. The highest BCUT2D eigenvalue weighted by Gasteiger charge is 2.25. The summed E-state index contributed by atoms with van der Waals surface area (Å²) in [4.78, 5) is 22.5. The van der Waals surface area contributed by atoms with Crippen LogP contribution >= 0.6 is 7.82 Å². The molecule has 0 aliphatic carbocycles. The van der Waals surface area contributed by atoms with Crippen LogP contribution in [0, 0.1) is 0 Å². The van der Waals surface area contributed by atoms with Crippen LogP contribution in [0.25, 0.3) is 0 Å². The molecule has 0 bridgehead atoms. The summed E-state index contributed by atoms with van der Waals surface area (Å²) in [6, 6.07) is 0. The Bertz CT molecular complexity index is 1130. The summed E-state index contributed by atoms with van der Waals surface area (Å²) in [6.07, 6.45) is 59.4. The first-order valence-electron chi connectivity index (χ1n) is 23.9. The first kappa shape index (κ1) is 56.9. The average Bonchev–Trinajstić information content (AvgIpc) is 3.23. The molecule has 2 unspecified atom stereocenters. The van der Waals surface area contributed by atoms with Gasteiger partial charge in [-0.1, -0.05) is 209 Å². The summed E-state index contributed by atoms with van der Waals surface area (Å²) in [7, 11) is -4.30. The van der Waals surface area contributed by atoms with E-state index in [2.05, 4.69) is 86.8 Å². The van der Waals surface area contributed by atoms with Gasteiger partial charge in [0.05, 0.1) is 19.8 Å².